The summed E-state index contributed by atoms with van der Waals surface area (Å²) in [7, 11) is 1.94. The number of hydrogen-bond donors (Lipinski definition) is 4. The van der Waals surface area contributed by atoms with E-state index in [4.69, 9.17) is 16.7 Å². The summed E-state index contributed by atoms with van der Waals surface area (Å²) < 4.78 is 0. The maximum absolute atomic E-state index is 10.9. The van der Waals surface area contributed by atoms with Gasteiger partial charge in [-0.2, -0.15) is 0 Å². The van der Waals surface area contributed by atoms with Gasteiger partial charge in [0.25, 0.3) is 0 Å². The van der Waals surface area contributed by atoms with Crippen molar-refractivity contribution in [2.45, 2.75) is 13.0 Å². The largest absolute Gasteiger partial charge is 0.480 e. The number of nitrogens with zero attached hydrogens (tertiary/aromatic N) is 5. The second-order valence-electron chi connectivity index (χ2n) is 9.00. The lowest BCUT2D eigenvalue weighted by atomic mass is 10.1. The molecule has 1 fully saturated rings. The van der Waals surface area contributed by atoms with Crippen LogP contribution in [-0.4, -0.2) is 88.7 Å². The van der Waals surface area contributed by atoms with Crippen LogP contribution in [0.1, 0.15) is 12.0 Å². The Morgan fingerprint density at radius 1 is 1.05 bits per heavy atom. The number of anilines is 3. The average Bonchev–Trinajstić information content (AvgIpc) is 2.88. The van der Waals surface area contributed by atoms with Crippen LogP contribution in [-0.2, 0) is 11.3 Å². The van der Waals surface area contributed by atoms with Crippen molar-refractivity contribution in [2.75, 3.05) is 63.5 Å². The number of hydrogen-bond acceptors (Lipinski definition) is 9. The maximum atomic E-state index is 10.9. The third kappa shape index (κ3) is 8.36. The van der Waals surface area contributed by atoms with E-state index in [0.717, 1.165) is 80.6 Å². The van der Waals surface area contributed by atoms with Gasteiger partial charge in [0.2, 0.25) is 5.95 Å². The summed E-state index contributed by atoms with van der Waals surface area (Å²) in [5.41, 5.74) is 3.55. The monoisotopic (exact) mass is 524 g/mol. The Bertz CT molecular complexity index is 1170. The van der Waals surface area contributed by atoms with Gasteiger partial charge in [-0.15, -0.1) is 0 Å². The standard InChI is InChI=1S/C26H33ClN8O2/c1-28-6-2-7-29-24-4-3-20(16-31-24)23-5-8-30-26(33-23)32-22-14-19(13-21(27)15-22)17-34-9-11-35(12-10-34)18-25(36)37/h3-5,8,13-16,28H,2,6-7,9-12,17-18H2,1H3,(H,29,31)(H,36,37)(H,30,32,33). The van der Waals surface area contributed by atoms with Crippen molar-refractivity contribution in [2.24, 2.45) is 0 Å². The van der Waals surface area contributed by atoms with Crippen LogP contribution in [0.5, 0.6) is 0 Å². The number of rotatable bonds is 12. The van der Waals surface area contributed by atoms with Crippen molar-refractivity contribution in [1.82, 2.24) is 30.1 Å². The smallest absolute Gasteiger partial charge is 0.317 e. The molecule has 0 unspecified atom stereocenters. The minimum atomic E-state index is -0.786. The number of halogens is 1. The molecule has 37 heavy (non-hydrogen) atoms. The highest BCUT2D eigenvalue weighted by atomic mass is 35.5. The SMILES string of the molecule is CNCCCNc1ccc(-c2ccnc(Nc3cc(Cl)cc(CN4CCN(CC(=O)O)CC4)c3)n2)cn1. The molecule has 0 bridgehead atoms. The summed E-state index contributed by atoms with van der Waals surface area (Å²) >= 11 is 6.42. The van der Waals surface area contributed by atoms with Crippen molar-refractivity contribution >= 4 is 35.0 Å². The van der Waals surface area contributed by atoms with Crippen molar-refractivity contribution in [3.63, 3.8) is 0 Å². The zero-order valence-corrected chi connectivity index (χ0v) is 21.7. The van der Waals surface area contributed by atoms with Crippen LogP contribution in [0.25, 0.3) is 11.3 Å². The zero-order chi connectivity index (χ0) is 26.0. The van der Waals surface area contributed by atoms with Gasteiger partial charge in [-0.25, -0.2) is 15.0 Å². The van der Waals surface area contributed by atoms with Crippen molar-refractivity contribution in [3.05, 3.63) is 59.4 Å². The molecular formula is C26H33ClN8O2. The van der Waals surface area contributed by atoms with E-state index < -0.39 is 5.97 Å². The van der Waals surface area contributed by atoms with Crippen LogP contribution >= 0.6 is 11.6 Å². The molecule has 4 N–H and O–H groups in total. The van der Waals surface area contributed by atoms with E-state index in [-0.39, 0.29) is 6.54 Å². The second kappa shape index (κ2) is 13.3. The molecule has 0 atom stereocenters. The Balaban J connectivity index is 1.37. The third-order valence-corrected chi connectivity index (χ3v) is 6.29. The van der Waals surface area contributed by atoms with E-state index in [1.165, 1.54) is 0 Å². The van der Waals surface area contributed by atoms with E-state index in [1.807, 2.05) is 48.3 Å². The van der Waals surface area contributed by atoms with Crippen LogP contribution in [0.15, 0.2) is 48.8 Å². The predicted octanol–water partition coefficient (Wildman–Crippen LogP) is 3.16. The van der Waals surface area contributed by atoms with Crippen molar-refractivity contribution < 1.29 is 9.90 Å². The minimum absolute atomic E-state index is 0.0895. The Labute approximate surface area is 222 Å². The summed E-state index contributed by atoms with van der Waals surface area (Å²) in [6.07, 6.45) is 4.55. The molecule has 0 amide bonds. The summed E-state index contributed by atoms with van der Waals surface area (Å²) in [5, 5.41) is 19.3. The lowest BCUT2D eigenvalue weighted by Crippen LogP contribution is -2.47. The zero-order valence-electron chi connectivity index (χ0n) is 21.0. The molecule has 0 spiro atoms. The second-order valence-corrected chi connectivity index (χ2v) is 9.44. The highest BCUT2D eigenvalue weighted by Gasteiger charge is 2.19. The van der Waals surface area contributed by atoms with Gasteiger partial charge >= 0.3 is 5.97 Å². The number of pyridine rings is 1. The molecule has 1 aliphatic rings. The Hall–Kier alpha value is -3.31. The first kappa shape index (κ1) is 26.7. The summed E-state index contributed by atoms with van der Waals surface area (Å²) in [4.78, 5) is 28.7. The van der Waals surface area contributed by atoms with Gasteiger partial charge in [0, 0.05) is 67.9 Å². The molecule has 1 saturated heterocycles. The molecular weight excluding hydrogens is 492 g/mol. The Kier molecular flexibility index (Phi) is 9.61. The van der Waals surface area contributed by atoms with Gasteiger partial charge in [-0.1, -0.05) is 11.6 Å². The van der Waals surface area contributed by atoms with E-state index in [2.05, 4.69) is 35.8 Å². The molecule has 11 heteroatoms. The van der Waals surface area contributed by atoms with Gasteiger partial charge in [-0.3, -0.25) is 14.6 Å². The molecule has 0 radical (unpaired) electrons. The first-order valence-electron chi connectivity index (χ1n) is 12.4. The van der Waals surface area contributed by atoms with Crippen molar-refractivity contribution in [1.29, 1.82) is 0 Å². The van der Waals surface area contributed by atoms with Gasteiger partial charge in [0.1, 0.15) is 5.82 Å². The number of aromatic nitrogens is 3. The number of carboxylic acid groups (broad SMARTS) is 1. The van der Waals surface area contributed by atoms with Crippen LogP contribution in [0, 0.1) is 0 Å². The van der Waals surface area contributed by atoms with E-state index in [0.29, 0.717) is 11.0 Å². The Morgan fingerprint density at radius 3 is 2.59 bits per heavy atom. The van der Waals surface area contributed by atoms with Crippen LogP contribution in [0.2, 0.25) is 5.02 Å². The molecule has 2 aromatic heterocycles. The topological polar surface area (TPSA) is 119 Å². The number of nitrogens with one attached hydrogen (secondary N) is 3. The third-order valence-electron chi connectivity index (χ3n) is 6.07. The number of aliphatic carboxylic acids is 1. The first-order chi connectivity index (χ1) is 18.0. The number of carbonyl (C=O) groups is 1. The van der Waals surface area contributed by atoms with Gasteiger partial charge in [0.15, 0.2) is 0 Å². The molecule has 196 valence electrons. The lowest BCUT2D eigenvalue weighted by Gasteiger charge is -2.33. The van der Waals surface area contributed by atoms with E-state index in [1.54, 1.807) is 12.4 Å². The normalized spacial score (nSPS) is 14.4. The maximum Gasteiger partial charge on any atom is 0.317 e. The molecule has 1 aliphatic heterocycles. The summed E-state index contributed by atoms with van der Waals surface area (Å²) in [5.74, 6) is 0.524. The highest BCUT2D eigenvalue weighted by molar-refractivity contribution is 6.31. The number of carboxylic acids is 1. The molecule has 1 aromatic carbocycles. The fourth-order valence-corrected chi connectivity index (χ4v) is 4.47. The molecule has 0 saturated carbocycles. The lowest BCUT2D eigenvalue weighted by molar-refractivity contribution is -0.138. The van der Waals surface area contributed by atoms with Crippen LogP contribution in [0.3, 0.4) is 0 Å². The predicted molar refractivity (Wildman–Crippen MR) is 146 cm³/mol. The molecule has 0 aliphatic carbocycles. The first-order valence-corrected chi connectivity index (χ1v) is 12.8. The molecule has 10 nitrogen and oxygen atoms in total. The number of benzene rings is 1. The van der Waals surface area contributed by atoms with E-state index in [9.17, 15) is 4.79 Å². The van der Waals surface area contributed by atoms with Crippen molar-refractivity contribution in [3.8, 4) is 11.3 Å². The quantitative estimate of drug-likeness (QED) is 0.263. The minimum Gasteiger partial charge on any atom is -0.480 e. The fourth-order valence-electron chi connectivity index (χ4n) is 4.21. The Morgan fingerprint density at radius 2 is 1.86 bits per heavy atom. The molecule has 4 rings (SSSR count). The number of piperazine rings is 1. The molecule has 3 heterocycles. The average molecular weight is 525 g/mol. The van der Waals surface area contributed by atoms with E-state index >= 15 is 0 Å². The molecule has 3 aromatic rings. The van der Waals surface area contributed by atoms with Gasteiger partial charge in [-0.05, 0) is 62.0 Å². The van der Waals surface area contributed by atoms with Gasteiger partial charge < -0.3 is 21.1 Å². The van der Waals surface area contributed by atoms with Crippen LogP contribution in [0.4, 0.5) is 17.5 Å². The fraction of sp³-hybridized carbons (Fsp3) is 0.385. The van der Waals surface area contributed by atoms with Gasteiger partial charge in [0.05, 0.1) is 12.2 Å². The summed E-state index contributed by atoms with van der Waals surface area (Å²) in [6, 6.07) is 11.6. The van der Waals surface area contributed by atoms with Crippen LogP contribution < -0.4 is 16.0 Å². The highest BCUT2D eigenvalue weighted by Crippen LogP contribution is 2.24. The summed E-state index contributed by atoms with van der Waals surface area (Å²) in [6.45, 7) is 5.74.